The van der Waals surface area contributed by atoms with Gasteiger partial charge in [-0.25, -0.2) is 0 Å². The second-order valence-electron chi connectivity index (χ2n) is 12.0. The topological polar surface area (TPSA) is 40.5 Å². The number of fused-ring (bicyclic) bond motifs is 5. The molecule has 4 aliphatic carbocycles. The van der Waals surface area contributed by atoms with E-state index in [1.165, 1.54) is 51.4 Å². The highest BCUT2D eigenvalue weighted by atomic mass is 16.3. The van der Waals surface area contributed by atoms with Gasteiger partial charge in [0, 0.05) is 0 Å². The summed E-state index contributed by atoms with van der Waals surface area (Å²) in [4.78, 5) is 0. The monoisotopic (exact) mass is 376 g/mol. The third-order valence-corrected chi connectivity index (χ3v) is 9.90. The van der Waals surface area contributed by atoms with Crippen molar-refractivity contribution >= 4 is 0 Å². The lowest BCUT2D eigenvalue weighted by Gasteiger charge is -2.56. The molecule has 4 aliphatic rings. The molecule has 0 radical (unpaired) electrons. The highest BCUT2D eigenvalue weighted by Gasteiger charge is 2.57. The molecule has 0 aromatic carbocycles. The van der Waals surface area contributed by atoms with Gasteiger partial charge >= 0.3 is 0 Å². The predicted molar refractivity (Wildman–Crippen MR) is 111 cm³/mol. The third kappa shape index (κ3) is 3.75. The lowest BCUT2D eigenvalue weighted by atomic mass is 9.49. The largest absolute Gasteiger partial charge is 0.393 e. The Kier molecular flexibility index (Phi) is 5.47. The van der Waals surface area contributed by atoms with E-state index < -0.39 is 5.60 Å². The van der Waals surface area contributed by atoms with Gasteiger partial charge in [-0.2, -0.15) is 0 Å². The highest BCUT2D eigenvalue weighted by molar-refractivity contribution is 5.06. The maximum absolute atomic E-state index is 10.2. The van der Waals surface area contributed by atoms with Gasteiger partial charge in [-0.15, -0.1) is 0 Å². The van der Waals surface area contributed by atoms with Crippen LogP contribution in [-0.2, 0) is 0 Å². The molecule has 8 unspecified atom stereocenters. The number of hydrogen-bond donors (Lipinski definition) is 2. The quantitative estimate of drug-likeness (QED) is 0.650. The Hall–Kier alpha value is -0.0800. The van der Waals surface area contributed by atoms with Gasteiger partial charge in [0.2, 0.25) is 0 Å². The Morgan fingerprint density at radius 3 is 2.44 bits per heavy atom. The van der Waals surface area contributed by atoms with E-state index in [0.717, 1.165) is 60.7 Å². The molecule has 2 heteroatoms. The van der Waals surface area contributed by atoms with Crippen molar-refractivity contribution in [2.24, 2.45) is 46.8 Å². The summed E-state index contributed by atoms with van der Waals surface area (Å²) in [5, 5.41) is 20.3. The normalized spacial score (nSPS) is 48.4. The van der Waals surface area contributed by atoms with Crippen molar-refractivity contribution in [1.82, 2.24) is 0 Å². The molecule has 2 nitrogen and oxygen atoms in total. The molecule has 156 valence electrons. The fourth-order valence-electron chi connectivity index (χ4n) is 8.59. The SMILES string of the molecule is C[C@H](CCC(C)(C)O)C1CCC2C3CCC4CC(O)CCC4C3CCC21C. The minimum atomic E-state index is -0.519. The van der Waals surface area contributed by atoms with E-state index in [2.05, 4.69) is 13.8 Å². The van der Waals surface area contributed by atoms with Crippen molar-refractivity contribution in [3.63, 3.8) is 0 Å². The third-order valence-electron chi connectivity index (χ3n) is 9.90. The summed E-state index contributed by atoms with van der Waals surface area (Å²) >= 11 is 0. The van der Waals surface area contributed by atoms with E-state index in [-0.39, 0.29) is 6.10 Å². The van der Waals surface area contributed by atoms with Gasteiger partial charge in [-0.1, -0.05) is 13.8 Å². The first kappa shape index (κ1) is 20.2. The van der Waals surface area contributed by atoms with Gasteiger partial charge in [0.15, 0.2) is 0 Å². The first-order valence-corrected chi connectivity index (χ1v) is 12.1. The van der Waals surface area contributed by atoms with Crippen LogP contribution in [0.1, 0.15) is 98.3 Å². The molecule has 0 aliphatic heterocycles. The summed E-state index contributed by atoms with van der Waals surface area (Å²) < 4.78 is 0. The van der Waals surface area contributed by atoms with Crippen LogP contribution in [0.5, 0.6) is 0 Å². The van der Waals surface area contributed by atoms with Crippen LogP contribution in [0.15, 0.2) is 0 Å². The Labute approximate surface area is 167 Å². The maximum atomic E-state index is 10.2. The zero-order valence-corrected chi connectivity index (χ0v) is 18.3. The lowest BCUT2D eigenvalue weighted by molar-refractivity contribution is -0.0828. The fourth-order valence-corrected chi connectivity index (χ4v) is 8.59. The summed E-state index contributed by atoms with van der Waals surface area (Å²) in [6.45, 7) is 9.03. The molecule has 4 saturated carbocycles. The second-order valence-corrected chi connectivity index (χ2v) is 12.0. The van der Waals surface area contributed by atoms with Crippen LogP contribution in [0.25, 0.3) is 0 Å². The summed E-state index contributed by atoms with van der Waals surface area (Å²) in [6, 6.07) is 0. The van der Waals surface area contributed by atoms with E-state index in [1.54, 1.807) is 0 Å². The van der Waals surface area contributed by atoms with Gasteiger partial charge < -0.3 is 10.2 Å². The summed E-state index contributed by atoms with van der Waals surface area (Å²) in [6.07, 6.45) is 14.1. The van der Waals surface area contributed by atoms with E-state index in [0.29, 0.717) is 5.41 Å². The Morgan fingerprint density at radius 1 is 0.963 bits per heavy atom. The Bertz CT molecular complexity index is 523. The van der Waals surface area contributed by atoms with Crippen molar-refractivity contribution in [1.29, 1.82) is 0 Å². The van der Waals surface area contributed by atoms with Crippen molar-refractivity contribution in [2.75, 3.05) is 0 Å². The smallest absolute Gasteiger partial charge is 0.0591 e. The molecule has 0 aromatic heterocycles. The van der Waals surface area contributed by atoms with Gasteiger partial charge in [0.1, 0.15) is 0 Å². The van der Waals surface area contributed by atoms with Gasteiger partial charge in [0.25, 0.3) is 0 Å². The Balaban J connectivity index is 1.45. The van der Waals surface area contributed by atoms with Crippen LogP contribution in [0.3, 0.4) is 0 Å². The highest BCUT2D eigenvalue weighted by Crippen LogP contribution is 2.65. The average Bonchev–Trinajstić information content (AvgIpc) is 2.96. The summed E-state index contributed by atoms with van der Waals surface area (Å²) in [5.74, 6) is 6.21. The molecular formula is C25H44O2. The zero-order chi connectivity index (χ0) is 19.4. The van der Waals surface area contributed by atoms with Crippen LogP contribution in [0.4, 0.5) is 0 Å². The van der Waals surface area contributed by atoms with Crippen LogP contribution >= 0.6 is 0 Å². The minimum absolute atomic E-state index is 0.0101. The number of hydrogen-bond acceptors (Lipinski definition) is 2. The summed E-state index contributed by atoms with van der Waals surface area (Å²) in [5.41, 5.74) is 0.0238. The van der Waals surface area contributed by atoms with Crippen molar-refractivity contribution in [3.8, 4) is 0 Å². The standard InChI is InChI=1S/C25H44O2/c1-16(11-13-24(2,3)27)22-9-10-23-21-7-5-17-15-18(26)6-8-19(17)20(21)12-14-25(22,23)4/h16-23,26-27H,5-15H2,1-4H3/t16-,17?,18?,19?,20?,21?,22?,23?,25?/m1/s1. The van der Waals surface area contributed by atoms with E-state index in [4.69, 9.17) is 0 Å². The molecule has 0 spiro atoms. The minimum Gasteiger partial charge on any atom is -0.393 e. The second kappa shape index (κ2) is 7.31. The van der Waals surface area contributed by atoms with Crippen LogP contribution < -0.4 is 0 Å². The molecule has 0 bridgehead atoms. The number of aliphatic hydroxyl groups excluding tert-OH is 1. The van der Waals surface area contributed by atoms with Crippen LogP contribution in [0, 0.1) is 46.8 Å². The fraction of sp³-hybridized carbons (Fsp3) is 1.00. The molecule has 27 heavy (non-hydrogen) atoms. The molecule has 2 N–H and O–H groups in total. The lowest BCUT2D eigenvalue weighted by Crippen LogP contribution is -2.49. The molecule has 4 fully saturated rings. The van der Waals surface area contributed by atoms with E-state index in [9.17, 15) is 10.2 Å². The summed E-state index contributed by atoms with van der Waals surface area (Å²) in [7, 11) is 0. The maximum Gasteiger partial charge on any atom is 0.0591 e. The van der Waals surface area contributed by atoms with Gasteiger partial charge in [0.05, 0.1) is 11.7 Å². The van der Waals surface area contributed by atoms with E-state index >= 15 is 0 Å². The van der Waals surface area contributed by atoms with Crippen molar-refractivity contribution in [2.45, 2.75) is 110 Å². The van der Waals surface area contributed by atoms with Gasteiger partial charge in [-0.05, 0) is 131 Å². The van der Waals surface area contributed by atoms with Gasteiger partial charge in [-0.3, -0.25) is 0 Å². The molecule has 4 rings (SSSR count). The van der Waals surface area contributed by atoms with Crippen molar-refractivity contribution in [3.05, 3.63) is 0 Å². The molecule has 0 saturated heterocycles. The van der Waals surface area contributed by atoms with E-state index in [1.807, 2.05) is 13.8 Å². The molecular weight excluding hydrogens is 332 g/mol. The van der Waals surface area contributed by atoms with Crippen LogP contribution in [0.2, 0.25) is 0 Å². The zero-order valence-electron chi connectivity index (χ0n) is 18.3. The molecule has 9 atom stereocenters. The molecule has 0 heterocycles. The van der Waals surface area contributed by atoms with Crippen molar-refractivity contribution < 1.29 is 10.2 Å². The number of rotatable bonds is 4. The van der Waals surface area contributed by atoms with Crippen LogP contribution in [-0.4, -0.2) is 21.9 Å². The average molecular weight is 377 g/mol. The first-order chi connectivity index (χ1) is 12.7. The first-order valence-electron chi connectivity index (χ1n) is 12.1. The predicted octanol–water partition coefficient (Wildman–Crippen LogP) is 5.80. The Morgan fingerprint density at radius 2 is 1.70 bits per heavy atom. The molecule has 0 aromatic rings. The number of aliphatic hydroxyl groups is 2. The molecule has 0 amide bonds.